The van der Waals surface area contributed by atoms with Gasteiger partial charge in [-0.25, -0.2) is 9.59 Å². The Hall–Kier alpha value is -4.68. The summed E-state index contributed by atoms with van der Waals surface area (Å²) in [7, 11) is 2.34. The van der Waals surface area contributed by atoms with Gasteiger partial charge in [-0.3, -0.25) is 9.69 Å². The Morgan fingerprint density at radius 1 is 0.895 bits per heavy atom. The molecule has 0 amide bonds. The van der Waals surface area contributed by atoms with E-state index >= 15 is 0 Å². The average molecular weight is 572 g/mol. The van der Waals surface area contributed by atoms with Crippen LogP contribution in [-0.4, -0.2) is 31.9 Å². The number of halogens is 1. The van der Waals surface area contributed by atoms with E-state index in [9.17, 15) is 19.6 Å². The molecule has 0 saturated heterocycles. The Balaban J connectivity index is 2.04. The monoisotopic (exact) mass is 571 g/mol. The number of carbonyl (C=O) groups is 3. The van der Waals surface area contributed by atoms with Crippen molar-refractivity contribution in [2.24, 2.45) is 5.73 Å². The second-order valence-corrected chi connectivity index (χ2v) is 9.10. The number of para-hydroxylation sites is 1. The summed E-state index contributed by atoms with van der Waals surface area (Å²) in [4.78, 5) is 41.4. The quantitative estimate of drug-likeness (QED) is 0.337. The number of nitrogens with zero attached hydrogens (tertiary/aromatic N) is 2. The highest BCUT2D eigenvalue weighted by Crippen LogP contribution is 2.44. The van der Waals surface area contributed by atoms with Crippen molar-refractivity contribution < 1.29 is 23.9 Å². The summed E-state index contributed by atoms with van der Waals surface area (Å²) in [6.45, 7) is 0. The molecule has 1 heterocycles. The summed E-state index contributed by atoms with van der Waals surface area (Å²) in [6.07, 6.45) is 0. The first-order valence-electron chi connectivity index (χ1n) is 11.4. The molecule has 1 atom stereocenters. The zero-order valence-corrected chi connectivity index (χ0v) is 22.1. The number of nitrogens with two attached hydrogens (primary N) is 1. The molecule has 0 fully saturated rings. The number of rotatable bonds is 6. The number of anilines is 1. The lowest BCUT2D eigenvalue weighted by molar-refractivity contribution is -0.139. The Kier molecular flexibility index (Phi) is 7.74. The predicted octanol–water partition coefficient (Wildman–Crippen LogP) is 4.58. The number of ether oxygens (including phenoxy) is 2. The zero-order chi connectivity index (χ0) is 27.4. The summed E-state index contributed by atoms with van der Waals surface area (Å²) < 4.78 is 10.9. The van der Waals surface area contributed by atoms with Crippen LogP contribution in [0.5, 0.6) is 0 Å². The lowest BCUT2D eigenvalue weighted by Gasteiger charge is -2.36. The van der Waals surface area contributed by atoms with Crippen LogP contribution >= 0.6 is 15.9 Å². The topological polar surface area (TPSA) is 123 Å². The van der Waals surface area contributed by atoms with Crippen LogP contribution in [0.4, 0.5) is 5.69 Å². The maximum absolute atomic E-state index is 13.6. The third-order valence-corrected chi connectivity index (χ3v) is 6.63. The van der Waals surface area contributed by atoms with Gasteiger partial charge in [0.2, 0.25) is 0 Å². The molecule has 0 radical (unpaired) electrons. The van der Waals surface area contributed by atoms with Crippen LogP contribution < -0.4 is 10.6 Å². The summed E-state index contributed by atoms with van der Waals surface area (Å²) in [5.74, 6) is -3.22. The van der Waals surface area contributed by atoms with E-state index in [2.05, 4.69) is 22.0 Å². The highest BCUT2D eigenvalue weighted by molar-refractivity contribution is 9.10. The van der Waals surface area contributed by atoms with Gasteiger partial charge in [-0.2, -0.15) is 5.26 Å². The van der Waals surface area contributed by atoms with Gasteiger partial charge in [0, 0.05) is 15.6 Å². The second kappa shape index (κ2) is 11.2. The molecule has 0 saturated carbocycles. The normalized spacial score (nSPS) is 15.1. The van der Waals surface area contributed by atoms with E-state index in [0.29, 0.717) is 11.1 Å². The van der Waals surface area contributed by atoms with Gasteiger partial charge in [0.15, 0.2) is 5.78 Å². The van der Waals surface area contributed by atoms with Crippen molar-refractivity contribution in [3.05, 3.63) is 123 Å². The number of hydrogen-bond donors (Lipinski definition) is 1. The number of ketones is 1. The van der Waals surface area contributed by atoms with E-state index in [1.807, 2.05) is 0 Å². The van der Waals surface area contributed by atoms with Gasteiger partial charge in [-0.1, -0.05) is 58.4 Å². The predicted molar refractivity (Wildman–Crippen MR) is 144 cm³/mol. The summed E-state index contributed by atoms with van der Waals surface area (Å²) in [5, 5.41) is 10.2. The van der Waals surface area contributed by atoms with Gasteiger partial charge >= 0.3 is 11.9 Å². The molecule has 9 heteroatoms. The minimum Gasteiger partial charge on any atom is -0.466 e. The fourth-order valence-electron chi connectivity index (χ4n) is 4.38. The molecule has 0 aliphatic carbocycles. The number of hydrogen-bond acceptors (Lipinski definition) is 8. The maximum atomic E-state index is 13.6. The van der Waals surface area contributed by atoms with Crippen LogP contribution in [0.25, 0.3) is 0 Å². The van der Waals surface area contributed by atoms with Crippen molar-refractivity contribution >= 4 is 39.3 Å². The van der Waals surface area contributed by atoms with Crippen molar-refractivity contribution in [3.63, 3.8) is 0 Å². The van der Waals surface area contributed by atoms with Gasteiger partial charge in [0.25, 0.3) is 0 Å². The Labute approximate surface area is 227 Å². The van der Waals surface area contributed by atoms with Gasteiger partial charge < -0.3 is 15.2 Å². The van der Waals surface area contributed by atoms with E-state index in [4.69, 9.17) is 15.2 Å². The van der Waals surface area contributed by atoms with Crippen LogP contribution in [0, 0.1) is 11.3 Å². The highest BCUT2D eigenvalue weighted by Gasteiger charge is 2.43. The number of esters is 2. The first-order valence-corrected chi connectivity index (χ1v) is 12.2. The van der Waals surface area contributed by atoms with E-state index in [1.54, 1.807) is 78.9 Å². The molecule has 4 rings (SSSR count). The summed E-state index contributed by atoms with van der Waals surface area (Å²) in [6, 6.07) is 24.1. The summed E-state index contributed by atoms with van der Waals surface area (Å²) >= 11 is 3.36. The standard InChI is InChI=1S/C29H22BrN3O5/c1-37-28(35)24-23(17-8-4-3-5-9-17)21(16-31)27(32)33(25(24)29(36)38-2)22-11-7-6-10-20(22)26(34)18-12-14-19(30)15-13-18/h3-15,23H,32H2,1-2H3. The second-order valence-electron chi connectivity index (χ2n) is 8.19. The number of allylic oxidation sites excluding steroid dienone is 1. The van der Waals surface area contributed by atoms with Crippen LogP contribution in [0.15, 0.2) is 106 Å². The van der Waals surface area contributed by atoms with Crippen LogP contribution in [0.1, 0.15) is 27.4 Å². The first-order chi connectivity index (χ1) is 18.3. The van der Waals surface area contributed by atoms with Crippen molar-refractivity contribution in [3.8, 4) is 6.07 Å². The molecule has 190 valence electrons. The van der Waals surface area contributed by atoms with Gasteiger partial charge in [-0.15, -0.1) is 0 Å². The van der Waals surface area contributed by atoms with Crippen molar-refractivity contribution in [1.29, 1.82) is 5.26 Å². The van der Waals surface area contributed by atoms with Gasteiger partial charge in [-0.05, 0) is 42.0 Å². The minimum atomic E-state index is -1.01. The van der Waals surface area contributed by atoms with Crippen molar-refractivity contribution in [1.82, 2.24) is 0 Å². The third-order valence-electron chi connectivity index (χ3n) is 6.11. The number of benzene rings is 3. The largest absolute Gasteiger partial charge is 0.466 e. The number of nitriles is 1. The fourth-order valence-corrected chi connectivity index (χ4v) is 4.65. The number of carbonyl (C=O) groups excluding carboxylic acids is 3. The fraction of sp³-hybridized carbons (Fsp3) is 0.103. The average Bonchev–Trinajstić information content (AvgIpc) is 2.96. The smallest absolute Gasteiger partial charge is 0.355 e. The van der Waals surface area contributed by atoms with Gasteiger partial charge in [0.1, 0.15) is 11.5 Å². The SMILES string of the molecule is COC(=O)C1=C(C(=O)OC)N(c2ccccc2C(=O)c2ccc(Br)cc2)C(N)=C(C#N)C1c1ccccc1. The van der Waals surface area contributed by atoms with Crippen LogP contribution in [0.2, 0.25) is 0 Å². The molecule has 3 aromatic rings. The Bertz CT molecular complexity index is 1520. The molecule has 0 aromatic heterocycles. The lowest BCUT2D eigenvalue weighted by atomic mass is 9.80. The Morgan fingerprint density at radius 2 is 1.50 bits per heavy atom. The molecule has 0 spiro atoms. The summed E-state index contributed by atoms with van der Waals surface area (Å²) in [5.41, 5.74) is 7.53. The van der Waals surface area contributed by atoms with Crippen LogP contribution in [0.3, 0.4) is 0 Å². The molecule has 8 nitrogen and oxygen atoms in total. The molecule has 1 aliphatic heterocycles. The van der Waals surface area contributed by atoms with E-state index in [0.717, 1.165) is 4.47 Å². The Morgan fingerprint density at radius 3 is 2.11 bits per heavy atom. The maximum Gasteiger partial charge on any atom is 0.355 e. The molecular weight excluding hydrogens is 550 g/mol. The third kappa shape index (κ3) is 4.69. The molecular formula is C29H22BrN3O5. The van der Waals surface area contributed by atoms with Crippen molar-refractivity contribution in [2.75, 3.05) is 19.1 Å². The van der Waals surface area contributed by atoms with E-state index in [1.165, 1.54) is 19.1 Å². The van der Waals surface area contributed by atoms with E-state index in [-0.39, 0.29) is 39.7 Å². The number of methoxy groups -OCH3 is 2. The first kappa shape index (κ1) is 26.4. The molecule has 2 N–H and O–H groups in total. The molecule has 1 unspecified atom stereocenters. The zero-order valence-electron chi connectivity index (χ0n) is 20.5. The lowest BCUT2D eigenvalue weighted by Crippen LogP contribution is -2.41. The molecule has 1 aliphatic rings. The molecule has 3 aromatic carbocycles. The molecule has 0 bridgehead atoms. The minimum absolute atomic E-state index is 0.00940. The van der Waals surface area contributed by atoms with E-state index < -0.39 is 17.9 Å². The highest BCUT2D eigenvalue weighted by atomic mass is 79.9. The van der Waals surface area contributed by atoms with Crippen LogP contribution in [-0.2, 0) is 19.1 Å². The molecule has 38 heavy (non-hydrogen) atoms. The van der Waals surface area contributed by atoms with Gasteiger partial charge in [0.05, 0.1) is 43.0 Å². The van der Waals surface area contributed by atoms with Crippen molar-refractivity contribution in [2.45, 2.75) is 5.92 Å².